The molecule has 0 bridgehead atoms. The van der Waals surface area contributed by atoms with Crippen molar-refractivity contribution in [3.63, 3.8) is 0 Å². The van der Waals surface area contributed by atoms with Crippen molar-refractivity contribution >= 4 is 27.3 Å². The van der Waals surface area contributed by atoms with Crippen molar-refractivity contribution in [3.8, 4) is 6.07 Å². The molecule has 0 aliphatic rings. The van der Waals surface area contributed by atoms with Gasteiger partial charge in [-0.05, 0) is 42.8 Å². The first kappa shape index (κ1) is 14.4. The van der Waals surface area contributed by atoms with Crippen LogP contribution < -0.4 is 10.6 Å². The van der Waals surface area contributed by atoms with Crippen LogP contribution in [0.5, 0.6) is 0 Å². The summed E-state index contributed by atoms with van der Waals surface area (Å²) >= 11 is 3.47. The van der Waals surface area contributed by atoms with Crippen LogP contribution in [0.3, 0.4) is 0 Å². The predicted octanol–water partition coefficient (Wildman–Crippen LogP) is 3.93. The third-order valence-electron chi connectivity index (χ3n) is 3.16. The largest absolute Gasteiger partial charge is 0.399 e. The highest BCUT2D eigenvalue weighted by atomic mass is 79.9. The van der Waals surface area contributed by atoms with Gasteiger partial charge in [-0.1, -0.05) is 28.1 Å². The van der Waals surface area contributed by atoms with Crippen LogP contribution in [0.25, 0.3) is 0 Å². The Kier molecular flexibility index (Phi) is 4.65. The van der Waals surface area contributed by atoms with E-state index in [2.05, 4.69) is 33.8 Å². The summed E-state index contributed by atoms with van der Waals surface area (Å²) in [7, 11) is 0. The van der Waals surface area contributed by atoms with Crippen molar-refractivity contribution in [1.29, 1.82) is 5.26 Å². The SMILES string of the molecule is CCN(Cc1ccc(N)cc1)c1cc(Br)ccc1C#N. The molecule has 4 heteroatoms. The molecule has 0 aromatic heterocycles. The molecule has 0 heterocycles. The summed E-state index contributed by atoms with van der Waals surface area (Å²) in [6.07, 6.45) is 0. The van der Waals surface area contributed by atoms with Gasteiger partial charge in [-0.3, -0.25) is 0 Å². The van der Waals surface area contributed by atoms with Crippen LogP contribution in [0.4, 0.5) is 11.4 Å². The Morgan fingerprint density at radius 2 is 1.90 bits per heavy atom. The van der Waals surface area contributed by atoms with E-state index in [0.29, 0.717) is 5.56 Å². The normalized spacial score (nSPS) is 10.1. The molecule has 20 heavy (non-hydrogen) atoms. The standard InChI is InChI=1S/C16H16BrN3/c1-2-20(11-12-3-7-15(19)8-4-12)16-9-14(17)6-5-13(16)10-18/h3-9H,2,11,19H2,1H3. The number of nitrogens with two attached hydrogens (primary N) is 1. The molecule has 0 aliphatic heterocycles. The Labute approximate surface area is 127 Å². The minimum Gasteiger partial charge on any atom is -0.399 e. The fourth-order valence-electron chi connectivity index (χ4n) is 2.07. The number of nitrogens with zero attached hydrogens (tertiary/aromatic N) is 2. The van der Waals surface area contributed by atoms with E-state index in [0.717, 1.165) is 28.9 Å². The summed E-state index contributed by atoms with van der Waals surface area (Å²) in [6, 6.07) is 15.8. The van der Waals surface area contributed by atoms with Gasteiger partial charge in [0.15, 0.2) is 0 Å². The Bertz CT molecular complexity index is 629. The van der Waals surface area contributed by atoms with E-state index in [1.54, 1.807) is 0 Å². The zero-order chi connectivity index (χ0) is 14.5. The van der Waals surface area contributed by atoms with Gasteiger partial charge in [0.25, 0.3) is 0 Å². The quantitative estimate of drug-likeness (QED) is 0.864. The summed E-state index contributed by atoms with van der Waals surface area (Å²) < 4.78 is 0.974. The maximum absolute atomic E-state index is 9.25. The summed E-state index contributed by atoms with van der Waals surface area (Å²) in [5.41, 5.74) is 9.27. The molecule has 0 amide bonds. The number of nitriles is 1. The van der Waals surface area contributed by atoms with Crippen LogP contribution in [0.1, 0.15) is 18.1 Å². The Balaban J connectivity index is 2.31. The molecule has 0 saturated heterocycles. The molecule has 102 valence electrons. The second-order valence-electron chi connectivity index (χ2n) is 4.53. The van der Waals surface area contributed by atoms with Crippen molar-refractivity contribution in [2.75, 3.05) is 17.2 Å². The minimum atomic E-state index is 0.686. The molecular weight excluding hydrogens is 314 g/mol. The summed E-state index contributed by atoms with van der Waals surface area (Å²) in [4.78, 5) is 2.18. The Morgan fingerprint density at radius 3 is 2.50 bits per heavy atom. The van der Waals surface area contributed by atoms with E-state index in [-0.39, 0.29) is 0 Å². The molecule has 0 aliphatic carbocycles. The Hall–Kier alpha value is -1.99. The second-order valence-corrected chi connectivity index (χ2v) is 5.44. The van der Waals surface area contributed by atoms with E-state index in [9.17, 15) is 5.26 Å². The summed E-state index contributed by atoms with van der Waals surface area (Å²) in [6.45, 7) is 3.66. The number of anilines is 2. The maximum atomic E-state index is 9.25. The molecule has 2 aromatic rings. The first-order chi connectivity index (χ1) is 9.63. The molecule has 0 unspecified atom stereocenters. The minimum absolute atomic E-state index is 0.686. The highest BCUT2D eigenvalue weighted by Gasteiger charge is 2.11. The topological polar surface area (TPSA) is 53.0 Å². The lowest BCUT2D eigenvalue weighted by Crippen LogP contribution is -2.23. The molecule has 2 aromatic carbocycles. The van der Waals surface area contributed by atoms with Crippen molar-refractivity contribution in [3.05, 3.63) is 58.1 Å². The van der Waals surface area contributed by atoms with E-state index < -0.39 is 0 Å². The second kappa shape index (κ2) is 6.44. The van der Waals surface area contributed by atoms with Crippen LogP contribution in [-0.2, 0) is 6.54 Å². The van der Waals surface area contributed by atoms with Crippen molar-refractivity contribution in [1.82, 2.24) is 0 Å². The third kappa shape index (κ3) is 3.31. The molecule has 0 saturated carbocycles. The number of nitrogen functional groups attached to an aromatic ring is 1. The van der Waals surface area contributed by atoms with Gasteiger partial charge in [-0.25, -0.2) is 0 Å². The van der Waals surface area contributed by atoms with Crippen LogP contribution in [0.2, 0.25) is 0 Å². The maximum Gasteiger partial charge on any atom is 0.101 e. The molecule has 3 nitrogen and oxygen atoms in total. The van der Waals surface area contributed by atoms with Crippen molar-refractivity contribution in [2.24, 2.45) is 0 Å². The number of hydrogen-bond acceptors (Lipinski definition) is 3. The molecular formula is C16H16BrN3. The van der Waals surface area contributed by atoms with Gasteiger partial charge >= 0.3 is 0 Å². The molecule has 0 spiro atoms. The van der Waals surface area contributed by atoms with Crippen molar-refractivity contribution < 1.29 is 0 Å². The first-order valence-electron chi connectivity index (χ1n) is 6.43. The smallest absolute Gasteiger partial charge is 0.101 e. The highest BCUT2D eigenvalue weighted by Crippen LogP contribution is 2.26. The van der Waals surface area contributed by atoms with Gasteiger partial charge in [0, 0.05) is 23.2 Å². The number of rotatable bonds is 4. The monoisotopic (exact) mass is 329 g/mol. The van der Waals surface area contributed by atoms with Gasteiger partial charge in [0.05, 0.1) is 11.3 Å². The predicted molar refractivity (Wildman–Crippen MR) is 86.4 cm³/mol. The fourth-order valence-corrected chi connectivity index (χ4v) is 2.42. The number of halogens is 1. The van der Waals surface area contributed by atoms with Crippen LogP contribution in [-0.4, -0.2) is 6.54 Å². The lowest BCUT2D eigenvalue weighted by Gasteiger charge is -2.24. The lowest BCUT2D eigenvalue weighted by molar-refractivity contribution is 0.830. The van der Waals surface area contributed by atoms with Crippen molar-refractivity contribution in [2.45, 2.75) is 13.5 Å². The number of benzene rings is 2. The molecule has 0 atom stereocenters. The lowest BCUT2D eigenvalue weighted by atomic mass is 10.1. The fraction of sp³-hybridized carbons (Fsp3) is 0.188. The first-order valence-corrected chi connectivity index (χ1v) is 7.22. The van der Waals surface area contributed by atoms with E-state index in [1.165, 1.54) is 5.56 Å². The Morgan fingerprint density at radius 1 is 1.20 bits per heavy atom. The van der Waals surface area contributed by atoms with E-state index >= 15 is 0 Å². The molecule has 2 N–H and O–H groups in total. The summed E-state index contributed by atoms with van der Waals surface area (Å²) in [5, 5.41) is 9.25. The van der Waals surface area contributed by atoms with Crippen LogP contribution in [0.15, 0.2) is 46.9 Å². The third-order valence-corrected chi connectivity index (χ3v) is 3.65. The highest BCUT2D eigenvalue weighted by molar-refractivity contribution is 9.10. The molecule has 0 radical (unpaired) electrons. The summed E-state index contributed by atoms with van der Waals surface area (Å²) in [5.74, 6) is 0. The molecule has 2 rings (SSSR count). The number of hydrogen-bond donors (Lipinski definition) is 1. The van der Waals surface area contributed by atoms with Crippen LogP contribution in [0, 0.1) is 11.3 Å². The zero-order valence-electron chi connectivity index (χ0n) is 11.3. The van der Waals surface area contributed by atoms with Gasteiger partial charge < -0.3 is 10.6 Å². The average molecular weight is 330 g/mol. The average Bonchev–Trinajstić information content (AvgIpc) is 2.46. The van der Waals surface area contributed by atoms with Gasteiger partial charge in [-0.2, -0.15) is 5.26 Å². The zero-order valence-corrected chi connectivity index (χ0v) is 12.9. The van der Waals surface area contributed by atoms with Crippen LogP contribution >= 0.6 is 15.9 Å². The van der Waals surface area contributed by atoms with Gasteiger partial charge in [0.2, 0.25) is 0 Å². The van der Waals surface area contributed by atoms with E-state index in [4.69, 9.17) is 5.73 Å². The van der Waals surface area contributed by atoms with E-state index in [1.807, 2.05) is 42.5 Å². The van der Waals surface area contributed by atoms with Gasteiger partial charge in [-0.15, -0.1) is 0 Å². The molecule has 0 fully saturated rings. The van der Waals surface area contributed by atoms with Gasteiger partial charge in [0.1, 0.15) is 6.07 Å².